The maximum Gasteiger partial charge on any atom is 0.255 e. The molecular formula is C16H17N3O4S. The smallest absolute Gasteiger partial charge is 0.255 e. The highest BCUT2D eigenvalue weighted by Gasteiger charge is 2.13. The highest BCUT2D eigenvalue weighted by atomic mass is 32.2. The van der Waals surface area contributed by atoms with Crippen molar-refractivity contribution >= 4 is 27.5 Å². The molecule has 8 heteroatoms. The quantitative estimate of drug-likeness (QED) is 0.756. The van der Waals surface area contributed by atoms with E-state index in [-0.39, 0.29) is 10.8 Å². The summed E-state index contributed by atoms with van der Waals surface area (Å²) in [6.07, 6.45) is 0. The minimum atomic E-state index is -3.54. The minimum Gasteiger partial charge on any atom is -0.355 e. The summed E-state index contributed by atoms with van der Waals surface area (Å²) < 4.78 is 25.5. The fraction of sp³-hybridized carbons (Fsp3) is 0.125. The van der Waals surface area contributed by atoms with Crippen molar-refractivity contribution in [1.82, 2.24) is 10.0 Å². The van der Waals surface area contributed by atoms with Crippen LogP contribution in [0.2, 0.25) is 0 Å². The average Bonchev–Trinajstić information content (AvgIpc) is 2.61. The molecule has 3 N–H and O–H groups in total. The van der Waals surface area contributed by atoms with E-state index in [1.807, 2.05) is 0 Å². The van der Waals surface area contributed by atoms with E-state index < -0.39 is 15.9 Å². The van der Waals surface area contributed by atoms with Gasteiger partial charge in [-0.25, -0.2) is 13.1 Å². The molecule has 7 nitrogen and oxygen atoms in total. The second kappa shape index (κ2) is 7.24. The van der Waals surface area contributed by atoms with Crippen LogP contribution in [0.15, 0.2) is 53.4 Å². The van der Waals surface area contributed by atoms with E-state index >= 15 is 0 Å². The second-order valence-electron chi connectivity index (χ2n) is 4.85. The Kier molecular flexibility index (Phi) is 5.32. The van der Waals surface area contributed by atoms with E-state index in [0.29, 0.717) is 16.8 Å². The van der Waals surface area contributed by atoms with Gasteiger partial charge < -0.3 is 10.6 Å². The third kappa shape index (κ3) is 3.98. The summed E-state index contributed by atoms with van der Waals surface area (Å²) >= 11 is 0. The summed E-state index contributed by atoms with van der Waals surface area (Å²) in [6, 6.07) is 12.0. The third-order valence-electron chi connectivity index (χ3n) is 3.31. The summed E-state index contributed by atoms with van der Waals surface area (Å²) in [7, 11) is -0.707. The van der Waals surface area contributed by atoms with Gasteiger partial charge in [0, 0.05) is 23.9 Å². The van der Waals surface area contributed by atoms with Gasteiger partial charge in [-0.2, -0.15) is 0 Å². The van der Waals surface area contributed by atoms with Crippen molar-refractivity contribution in [3.8, 4) is 0 Å². The largest absolute Gasteiger partial charge is 0.355 e. The highest BCUT2D eigenvalue weighted by molar-refractivity contribution is 7.89. The molecule has 0 fully saturated rings. The topological polar surface area (TPSA) is 104 Å². The van der Waals surface area contributed by atoms with Crippen molar-refractivity contribution in [1.29, 1.82) is 0 Å². The molecule has 0 spiro atoms. The number of rotatable bonds is 5. The second-order valence-corrected chi connectivity index (χ2v) is 6.73. The van der Waals surface area contributed by atoms with Crippen LogP contribution >= 0.6 is 0 Å². The molecule has 0 aliphatic heterocycles. The summed E-state index contributed by atoms with van der Waals surface area (Å²) in [5.74, 6) is -0.662. The van der Waals surface area contributed by atoms with Gasteiger partial charge in [0.25, 0.3) is 11.8 Å². The van der Waals surface area contributed by atoms with E-state index in [2.05, 4.69) is 15.4 Å². The Hall–Kier alpha value is -2.71. The molecule has 0 aliphatic carbocycles. The van der Waals surface area contributed by atoms with Crippen molar-refractivity contribution < 1.29 is 18.0 Å². The lowest BCUT2D eigenvalue weighted by molar-refractivity contribution is 0.0961. The SMILES string of the molecule is CNC(=O)c1cccc(NC(=O)c2ccc(S(=O)(=O)NC)cc2)c1. The fourth-order valence-electron chi connectivity index (χ4n) is 1.99. The van der Waals surface area contributed by atoms with E-state index in [1.165, 1.54) is 38.4 Å². The summed E-state index contributed by atoms with van der Waals surface area (Å²) in [5.41, 5.74) is 1.19. The van der Waals surface area contributed by atoms with Crippen LogP contribution in [0.3, 0.4) is 0 Å². The van der Waals surface area contributed by atoms with Crippen LogP contribution in [0.1, 0.15) is 20.7 Å². The van der Waals surface area contributed by atoms with Crippen molar-refractivity contribution in [3.63, 3.8) is 0 Å². The molecule has 2 amide bonds. The Morgan fingerprint density at radius 1 is 0.875 bits per heavy atom. The van der Waals surface area contributed by atoms with Gasteiger partial charge >= 0.3 is 0 Å². The van der Waals surface area contributed by atoms with Crippen molar-refractivity contribution in [2.75, 3.05) is 19.4 Å². The first-order valence-electron chi connectivity index (χ1n) is 7.04. The summed E-state index contributed by atoms with van der Waals surface area (Å²) in [5, 5.41) is 5.17. The fourth-order valence-corrected chi connectivity index (χ4v) is 2.72. The van der Waals surface area contributed by atoms with E-state index in [1.54, 1.807) is 24.3 Å². The van der Waals surface area contributed by atoms with E-state index in [9.17, 15) is 18.0 Å². The number of amides is 2. The van der Waals surface area contributed by atoms with Gasteiger partial charge in [-0.1, -0.05) is 6.07 Å². The number of carbonyl (C=O) groups excluding carboxylic acids is 2. The van der Waals surface area contributed by atoms with Crippen LogP contribution in [0.4, 0.5) is 5.69 Å². The number of carbonyl (C=O) groups is 2. The van der Waals surface area contributed by atoms with Gasteiger partial charge in [0.2, 0.25) is 10.0 Å². The van der Waals surface area contributed by atoms with Crippen molar-refractivity contribution in [3.05, 3.63) is 59.7 Å². The first-order valence-corrected chi connectivity index (χ1v) is 8.53. The Morgan fingerprint density at radius 2 is 1.54 bits per heavy atom. The molecule has 126 valence electrons. The molecular weight excluding hydrogens is 330 g/mol. The zero-order chi connectivity index (χ0) is 17.7. The van der Waals surface area contributed by atoms with Crippen LogP contribution in [-0.2, 0) is 10.0 Å². The monoisotopic (exact) mass is 347 g/mol. The molecule has 24 heavy (non-hydrogen) atoms. The molecule has 0 unspecified atom stereocenters. The van der Waals surface area contributed by atoms with Gasteiger partial charge in [0.15, 0.2) is 0 Å². The molecule has 0 atom stereocenters. The molecule has 0 saturated heterocycles. The van der Waals surface area contributed by atoms with E-state index in [4.69, 9.17) is 0 Å². The normalized spacial score (nSPS) is 10.9. The maximum absolute atomic E-state index is 12.2. The Bertz CT molecular complexity index is 861. The summed E-state index contributed by atoms with van der Waals surface area (Å²) in [4.78, 5) is 23.9. The molecule has 2 rings (SSSR count). The summed E-state index contributed by atoms with van der Waals surface area (Å²) in [6.45, 7) is 0. The minimum absolute atomic E-state index is 0.0724. The first kappa shape index (κ1) is 17.6. The molecule has 0 aromatic heterocycles. The molecule has 0 aliphatic rings. The van der Waals surface area contributed by atoms with Crippen molar-refractivity contribution in [2.24, 2.45) is 0 Å². The maximum atomic E-state index is 12.2. The Balaban J connectivity index is 2.17. The highest BCUT2D eigenvalue weighted by Crippen LogP contribution is 2.14. The molecule has 0 heterocycles. The van der Waals surface area contributed by atoms with Crippen molar-refractivity contribution in [2.45, 2.75) is 4.90 Å². The van der Waals surface area contributed by atoms with Crippen LogP contribution in [0, 0.1) is 0 Å². The van der Waals surface area contributed by atoms with Crippen LogP contribution in [0.25, 0.3) is 0 Å². The predicted molar refractivity (Wildman–Crippen MR) is 90.5 cm³/mol. The van der Waals surface area contributed by atoms with Gasteiger partial charge in [-0.3, -0.25) is 9.59 Å². The van der Waals surface area contributed by atoms with E-state index in [0.717, 1.165) is 0 Å². The van der Waals surface area contributed by atoms with Gasteiger partial charge in [0.05, 0.1) is 4.90 Å². The lowest BCUT2D eigenvalue weighted by Gasteiger charge is -2.08. The van der Waals surface area contributed by atoms with Gasteiger partial charge in [-0.15, -0.1) is 0 Å². The first-order chi connectivity index (χ1) is 11.4. The molecule has 2 aromatic carbocycles. The third-order valence-corrected chi connectivity index (χ3v) is 4.74. The van der Waals surface area contributed by atoms with Gasteiger partial charge in [-0.05, 0) is 49.5 Å². The number of nitrogens with one attached hydrogen (secondary N) is 3. The number of anilines is 1. The standard InChI is InChI=1S/C16H17N3O4S/c1-17-15(20)12-4-3-5-13(10-12)19-16(21)11-6-8-14(9-7-11)24(22,23)18-2/h3-10,18H,1-2H3,(H,17,20)(H,19,21). The number of hydrogen-bond donors (Lipinski definition) is 3. The van der Waals surface area contributed by atoms with Gasteiger partial charge in [0.1, 0.15) is 0 Å². The zero-order valence-corrected chi connectivity index (χ0v) is 14.0. The predicted octanol–water partition coefficient (Wildman–Crippen LogP) is 1.21. The lowest BCUT2D eigenvalue weighted by Crippen LogP contribution is -2.19. The van der Waals surface area contributed by atoms with Crippen LogP contribution < -0.4 is 15.4 Å². The Morgan fingerprint density at radius 3 is 2.12 bits per heavy atom. The lowest BCUT2D eigenvalue weighted by atomic mass is 10.1. The molecule has 0 saturated carbocycles. The molecule has 0 bridgehead atoms. The number of hydrogen-bond acceptors (Lipinski definition) is 4. The number of benzene rings is 2. The molecule has 0 radical (unpaired) electrons. The molecule has 2 aromatic rings. The number of sulfonamides is 1. The average molecular weight is 347 g/mol. The van der Waals surface area contributed by atoms with Crippen LogP contribution in [0.5, 0.6) is 0 Å². The zero-order valence-electron chi connectivity index (χ0n) is 13.2. The Labute approximate surface area is 140 Å². The van der Waals surface area contributed by atoms with Crippen LogP contribution in [-0.4, -0.2) is 34.3 Å².